The summed E-state index contributed by atoms with van der Waals surface area (Å²) in [5.41, 5.74) is 2.51. The maximum atomic E-state index is 12.7. The number of rotatable bonds is 4. The zero-order chi connectivity index (χ0) is 19.7. The summed E-state index contributed by atoms with van der Waals surface area (Å²) in [7, 11) is 1.76. The average molecular weight is 371 g/mol. The van der Waals surface area contributed by atoms with Gasteiger partial charge < -0.3 is 4.90 Å². The third-order valence-electron chi connectivity index (χ3n) is 5.07. The minimum Gasteiger partial charge on any atom is -0.340 e. The Hall–Kier alpha value is -3.47. The van der Waals surface area contributed by atoms with E-state index in [1.165, 1.54) is 10.9 Å². The van der Waals surface area contributed by atoms with Crippen molar-refractivity contribution in [2.75, 3.05) is 7.05 Å². The number of carbonyl (C=O) groups is 1. The lowest BCUT2D eigenvalue weighted by Gasteiger charge is -2.19. The van der Waals surface area contributed by atoms with Gasteiger partial charge in [0.1, 0.15) is 6.54 Å². The van der Waals surface area contributed by atoms with Crippen LogP contribution < -0.4 is 5.56 Å². The lowest BCUT2D eigenvalue weighted by Crippen LogP contribution is -2.33. The summed E-state index contributed by atoms with van der Waals surface area (Å²) in [6, 6.07) is 19.7. The van der Waals surface area contributed by atoms with Gasteiger partial charge in [0.2, 0.25) is 5.91 Å². The van der Waals surface area contributed by atoms with Gasteiger partial charge in [-0.05, 0) is 34.9 Å². The molecule has 4 aromatic rings. The van der Waals surface area contributed by atoms with E-state index in [4.69, 9.17) is 0 Å². The molecule has 0 fully saturated rings. The van der Waals surface area contributed by atoms with E-state index in [-0.39, 0.29) is 18.0 Å². The Morgan fingerprint density at radius 2 is 1.71 bits per heavy atom. The van der Waals surface area contributed by atoms with Crippen LogP contribution in [0.1, 0.15) is 11.1 Å². The van der Waals surface area contributed by atoms with Crippen molar-refractivity contribution in [3.8, 4) is 0 Å². The van der Waals surface area contributed by atoms with Crippen molar-refractivity contribution in [1.82, 2.24) is 14.5 Å². The van der Waals surface area contributed by atoms with Gasteiger partial charge in [-0.15, -0.1) is 0 Å². The Labute approximate surface area is 162 Å². The molecule has 1 aromatic heterocycles. The maximum absolute atomic E-state index is 12.7. The Morgan fingerprint density at radius 1 is 1.00 bits per heavy atom. The van der Waals surface area contributed by atoms with Crippen molar-refractivity contribution in [1.29, 1.82) is 0 Å². The van der Waals surface area contributed by atoms with E-state index in [9.17, 15) is 9.59 Å². The minimum absolute atomic E-state index is 0.0308. The molecule has 0 unspecified atom stereocenters. The highest BCUT2D eigenvalue weighted by atomic mass is 16.2. The fraction of sp³-hybridized carbons (Fsp3) is 0.174. The highest BCUT2D eigenvalue weighted by Gasteiger charge is 2.14. The number of amides is 1. The number of likely N-dealkylation sites (N-methyl/N-ethyl adjacent to an activating group) is 1. The number of aromatic nitrogens is 2. The summed E-state index contributed by atoms with van der Waals surface area (Å²) in [6.07, 6.45) is 1.46. The fourth-order valence-electron chi connectivity index (χ4n) is 3.49. The molecule has 4 rings (SSSR count). The van der Waals surface area contributed by atoms with Crippen LogP contribution in [-0.4, -0.2) is 27.4 Å². The highest BCUT2D eigenvalue weighted by Crippen LogP contribution is 2.19. The predicted octanol–water partition coefficient (Wildman–Crippen LogP) is 3.52. The van der Waals surface area contributed by atoms with Gasteiger partial charge >= 0.3 is 0 Å². The van der Waals surface area contributed by atoms with Crippen LogP contribution in [0.2, 0.25) is 0 Å². The molecule has 3 aromatic carbocycles. The smallest absolute Gasteiger partial charge is 0.261 e. The Balaban J connectivity index is 1.57. The van der Waals surface area contributed by atoms with E-state index in [1.54, 1.807) is 18.0 Å². The maximum Gasteiger partial charge on any atom is 0.261 e. The van der Waals surface area contributed by atoms with Crippen molar-refractivity contribution in [3.63, 3.8) is 0 Å². The Bertz CT molecular complexity index is 1240. The van der Waals surface area contributed by atoms with Crippen molar-refractivity contribution in [3.05, 3.63) is 88.5 Å². The second-order valence-electron chi connectivity index (χ2n) is 7.04. The molecular weight excluding hydrogens is 350 g/mol. The molecule has 0 N–H and O–H groups in total. The third kappa shape index (κ3) is 3.27. The lowest BCUT2D eigenvalue weighted by atomic mass is 10.0. The largest absolute Gasteiger partial charge is 0.340 e. The van der Waals surface area contributed by atoms with Crippen LogP contribution in [0.25, 0.3) is 21.7 Å². The van der Waals surface area contributed by atoms with Crippen LogP contribution >= 0.6 is 0 Å². The van der Waals surface area contributed by atoms with Gasteiger partial charge in [0, 0.05) is 13.6 Å². The molecule has 0 atom stereocenters. The summed E-state index contributed by atoms with van der Waals surface area (Å²) in [5, 5.41) is 2.81. The van der Waals surface area contributed by atoms with Crippen LogP contribution in [0.4, 0.5) is 0 Å². The molecule has 0 saturated heterocycles. The van der Waals surface area contributed by atoms with Crippen molar-refractivity contribution >= 4 is 27.6 Å². The number of aryl methyl sites for hydroxylation is 1. The van der Waals surface area contributed by atoms with Gasteiger partial charge in [-0.1, -0.05) is 54.6 Å². The molecule has 0 radical (unpaired) electrons. The number of nitrogens with zero attached hydrogens (tertiary/aromatic N) is 3. The van der Waals surface area contributed by atoms with Crippen LogP contribution in [0.15, 0.2) is 71.8 Å². The van der Waals surface area contributed by atoms with E-state index in [0.29, 0.717) is 17.4 Å². The van der Waals surface area contributed by atoms with E-state index in [0.717, 1.165) is 21.9 Å². The van der Waals surface area contributed by atoms with E-state index >= 15 is 0 Å². The van der Waals surface area contributed by atoms with Crippen molar-refractivity contribution in [2.45, 2.75) is 20.0 Å². The number of carbonyl (C=O) groups excluding carboxylic acids is 1. The molecule has 1 heterocycles. The summed E-state index contributed by atoms with van der Waals surface area (Å²) in [4.78, 5) is 31.5. The molecule has 5 heteroatoms. The van der Waals surface area contributed by atoms with Gasteiger partial charge in [-0.3, -0.25) is 14.2 Å². The zero-order valence-electron chi connectivity index (χ0n) is 15.9. The molecule has 0 aliphatic carbocycles. The molecule has 0 bridgehead atoms. The molecule has 28 heavy (non-hydrogen) atoms. The van der Waals surface area contributed by atoms with Crippen molar-refractivity contribution < 1.29 is 4.79 Å². The second kappa shape index (κ2) is 7.27. The lowest BCUT2D eigenvalue weighted by molar-refractivity contribution is -0.131. The average Bonchev–Trinajstić information content (AvgIpc) is 2.71. The molecule has 5 nitrogen and oxygen atoms in total. The first-order valence-corrected chi connectivity index (χ1v) is 9.20. The molecule has 0 aliphatic heterocycles. The number of hydrogen-bond acceptors (Lipinski definition) is 3. The zero-order valence-corrected chi connectivity index (χ0v) is 15.9. The van der Waals surface area contributed by atoms with Gasteiger partial charge in [0.25, 0.3) is 5.56 Å². The normalized spacial score (nSPS) is 11.1. The fourth-order valence-corrected chi connectivity index (χ4v) is 3.49. The van der Waals surface area contributed by atoms with Crippen molar-refractivity contribution in [2.24, 2.45) is 0 Å². The first-order valence-electron chi connectivity index (χ1n) is 9.20. The summed E-state index contributed by atoms with van der Waals surface area (Å²) < 4.78 is 1.38. The molecule has 1 amide bonds. The Kier molecular flexibility index (Phi) is 4.65. The third-order valence-corrected chi connectivity index (χ3v) is 5.07. The van der Waals surface area contributed by atoms with E-state index in [2.05, 4.69) is 23.2 Å². The number of para-hydroxylation sites is 1. The second-order valence-corrected chi connectivity index (χ2v) is 7.04. The van der Waals surface area contributed by atoms with Crippen LogP contribution in [-0.2, 0) is 17.9 Å². The molecule has 0 aliphatic rings. The molecule has 140 valence electrons. The SMILES string of the molecule is Cc1cccc2c(=O)n(CC(=O)N(C)Cc3cccc4ccccc34)cnc12. The number of benzene rings is 3. The number of hydrogen-bond donors (Lipinski definition) is 0. The molecule has 0 spiro atoms. The Morgan fingerprint density at radius 3 is 2.57 bits per heavy atom. The first-order chi connectivity index (χ1) is 13.5. The van der Waals surface area contributed by atoms with E-state index in [1.807, 2.05) is 43.3 Å². The number of fused-ring (bicyclic) bond motifs is 2. The monoisotopic (exact) mass is 371 g/mol. The van der Waals surface area contributed by atoms with Crippen LogP contribution in [0.3, 0.4) is 0 Å². The summed E-state index contributed by atoms with van der Waals surface area (Å²) in [5.74, 6) is -0.135. The molecule has 0 saturated carbocycles. The quantitative estimate of drug-likeness (QED) is 0.552. The highest BCUT2D eigenvalue weighted by molar-refractivity contribution is 5.86. The van der Waals surface area contributed by atoms with Gasteiger partial charge in [-0.2, -0.15) is 0 Å². The molecular formula is C23H21N3O2. The van der Waals surface area contributed by atoms with E-state index < -0.39 is 0 Å². The topological polar surface area (TPSA) is 55.2 Å². The summed E-state index contributed by atoms with van der Waals surface area (Å²) >= 11 is 0. The predicted molar refractivity (Wildman–Crippen MR) is 111 cm³/mol. The van der Waals surface area contributed by atoms with Crippen LogP contribution in [0, 0.1) is 6.92 Å². The van der Waals surface area contributed by atoms with Crippen LogP contribution in [0.5, 0.6) is 0 Å². The summed E-state index contributed by atoms with van der Waals surface area (Å²) in [6.45, 7) is 2.37. The van der Waals surface area contributed by atoms with Gasteiger partial charge in [-0.25, -0.2) is 4.98 Å². The standard InChI is InChI=1S/C23H21N3O2/c1-16-7-5-12-20-22(16)24-15-26(23(20)28)14-21(27)25(2)13-18-10-6-9-17-8-3-4-11-19(17)18/h3-12,15H,13-14H2,1-2H3. The van der Waals surface area contributed by atoms with Gasteiger partial charge in [0.15, 0.2) is 0 Å². The first kappa shape index (κ1) is 17.9. The van der Waals surface area contributed by atoms with Gasteiger partial charge in [0.05, 0.1) is 17.2 Å². The minimum atomic E-state index is -0.194.